The largest absolute Gasteiger partial charge is 0.388 e. The highest BCUT2D eigenvalue weighted by molar-refractivity contribution is 5.12. The molecule has 0 aromatic rings. The minimum absolute atomic E-state index is 0.352. The molecular weight excluding hydrogens is 188 g/mol. The zero-order valence-corrected chi connectivity index (χ0v) is 9.76. The zero-order valence-electron chi connectivity index (χ0n) is 9.76. The standard InChI is InChI=1S/C12H24N2O/c1-2-10-4-3-6-12(15,7-5-10)11(13)8-14-9-11/h10,14-15H,2-9,13H2,1H3. The molecule has 2 aliphatic rings. The van der Waals surface area contributed by atoms with E-state index in [4.69, 9.17) is 5.73 Å². The van der Waals surface area contributed by atoms with Crippen LogP contribution < -0.4 is 11.1 Å². The molecule has 1 heterocycles. The average Bonchev–Trinajstić information content (AvgIpc) is 2.37. The van der Waals surface area contributed by atoms with E-state index in [1.165, 1.54) is 12.8 Å². The summed E-state index contributed by atoms with van der Waals surface area (Å²) in [6.07, 6.45) is 6.57. The van der Waals surface area contributed by atoms with E-state index >= 15 is 0 Å². The first-order valence-corrected chi connectivity index (χ1v) is 6.32. The molecule has 4 N–H and O–H groups in total. The molecule has 1 aliphatic carbocycles. The van der Waals surface area contributed by atoms with Crippen LogP contribution in [0.15, 0.2) is 0 Å². The molecule has 0 spiro atoms. The Kier molecular flexibility index (Phi) is 3.06. The molecule has 88 valence electrons. The molecule has 2 atom stereocenters. The molecule has 0 radical (unpaired) electrons. The van der Waals surface area contributed by atoms with Gasteiger partial charge in [0.25, 0.3) is 0 Å². The van der Waals surface area contributed by atoms with Crippen molar-refractivity contribution in [3.63, 3.8) is 0 Å². The van der Waals surface area contributed by atoms with Crippen LogP contribution in [0.3, 0.4) is 0 Å². The van der Waals surface area contributed by atoms with Crippen LogP contribution in [0.1, 0.15) is 45.4 Å². The third-order valence-corrected chi connectivity index (χ3v) is 4.55. The lowest BCUT2D eigenvalue weighted by molar-refractivity contribution is -0.0699. The lowest BCUT2D eigenvalue weighted by Crippen LogP contribution is -2.76. The van der Waals surface area contributed by atoms with Crippen LogP contribution in [0.25, 0.3) is 0 Å². The maximum Gasteiger partial charge on any atom is 0.0851 e. The fourth-order valence-corrected chi connectivity index (χ4v) is 3.02. The topological polar surface area (TPSA) is 58.3 Å². The van der Waals surface area contributed by atoms with Crippen molar-refractivity contribution in [3.8, 4) is 0 Å². The first kappa shape index (κ1) is 11.4. The minimum Gasteiger partial charge on any atom is -0.388 e. The van der Waals surface area contributed by atoms with Crippen molar-refractivity contribution >= 4 is 0 Å². The molecular formula is C12H24N2O. The molecule has 15 heavy (non-hydrogen) atoms. The van der Waals surface area contributed by atoms with Gasteiger partial charge in [0.2, 0.25) is 0 Å². The summed E-state index contributed by atoms with van der Waals surface area (Å²) in [5, 5.41) is 13.9. The number of nitrogens with two attached hydrogens (primary N) is 1. The molecule has 2 rings (SSSR count). The van der Waals surface area contributed by atoms with Crippen LogP contribution in [-0.4, -0.2) is 29.3 Å². The van der Waals surface area contributed by atoms with Crippen LogP contribution in [0.5, 0.6) is 0 Å². The number of hydrogen-bond acceptors (Lipinski definition) is 3. The number of aliphatic hydroxyl groups is 1. The van der Waals surface area contributed by atoms with E-state index < -0.39 is 5.60 Å². The Balaban J connectivity index is 2.02. The van der Waals surface area contributed by atoms with E-state index in [0.29, 0.717) is 0 Å². The average molecular weight is 212 g/mol. The van der Waals surface area contributed by atoms with Gasteiger partial charge in [-0.2, -0.15) is 0 Å². The minimum atomic E-state index is -0.609. The highest BCUT2D eigenvalue weighted by atomic mass is 16.3. The van der Waals surface area contributed by atoms with Gasteiger partial charge >= 0.3 is 0 Å². The third kappa shape index (κ3) is 1.93. The van der Waals surface area contributed by atoms with E-state index in [2.05, 4.69) is 12.2 Å². The normalized spacial score (nSPS) is 40.6. The van der Waals surface area contributed by atoms with E-state index in [9.17, 15) is 5.11 Å². The Hall–Kier alpha value is -0.120. The van der Waals surface area contributed by atoms with Gasteiger partial charge in [0.05, 0.1) is 11.1 Å². The lowest BCUT2D eigenvalue weighted by Gasteiger charge is -2.51. The Labute approximate surface area is 92.4 Å². The number of nitrogens with one attached hydrogen (secondary N) is 1. The van der Waals surface area contributed by atoms with Crippen molar-refractivity contribution in [1.82, 2.24) is 5.32 Å². The van der Waals surface area contributed by atoms with Crippen molar-refractivity contribution in [2.75, 3.05) is 13.1 Å². The summed E-state index contributed by atoms with van der Waals surface area (Å²) in [6.45, 7) is 3.80. The molecule has 2 unspecified atom stereocenters. The molecule has 0 aromatic carbocycles. The van der Waals surface area contributed by atoms with Gasteiger partial charge in [-0.05, 0) is 25.2 Å². The van der Waals surface area contributed by atoms with Crippen molar-refractivity contribution in [1.29, 1.82) is 0 Å². The second-order valence-electron chi connectivity index (χ2n) is 5.50. The van der Waals surface area contributed by atoms with Gasteiger partial charge in [-0.25, -0.2) is 0 Å². The Morgan fingerprint density at radius 3 is 2.60 bits per heavy atom. The molecule has 0 bridgehead atoms. The zero-order chi connectivity index (χ0) is 10.9. The van der Waals surface area contributed by atoms with Crippen molar-refractivity contribution < 1.29 is 5.11 Å². The first-order valence-electron chi connectivity index (χ1n) is 6.32. The Bertz CT molecular complexity index is 228. The van der Waals surface area contributed by atoms with Crippen molar-refractivity contribution in [3.05, 3.63) is 0 Å². The highest BCUT2D eigenvalue weighted by Crippen LogP contribution is 2.38. The summed E-state index contributed by atoms with van der Waals surface area (Å²) in [4.78, 5) is 0. The van der Waals surface area contributed by atoms with Gasteiger partial charge in [0.15, 0.2) is 0 Å². The van der Waals surface area contributed by atoms with Crippen LogP contribution in [-0.2, 0) is 0 Å². The monoisotopic (exact) mass is 212 g/mol. The smallest absolute Gasteiger partial charge is 0.0851 e. The molecule has 1 aliphatic heterocycles. The second kappa shape index (κ2) is 4.04. The van der Waals surface area contributed by atoms with E-state index in [0.717, 1.165) is 44.7 Å². The summed E-state index contributed by atoms with van der Waals surface area (Å²) >= 11 is 0. The SMILES string of the molecule is CCC1CCCC(O)(C2(N)CNC2)CC1. The summed E-state index contributed by atoms with van der Waals surface area (Å²) in [6, 6.07) is 0. The van der Waals surface area contributed by atoms with Crippen molar-refractivity contribution in [2.24, 2.45) is 11.7 Å². The predicted octanol–water partition coefficient (Wildman–Crippen LogP) is 1.01. The van der Waals surface area contributed by atoms with E-state index in [-0.39, 0.29) is 5.54 Å². The van der Waals surface area contributed by atoms with E-state index in [1.807, 2.05) is 0 Å². The fraction of sp³-hybridized carbons (Fsp3) is 1.00. The van der Waals surface area contributed by atoms with Gasteiger partial charge in [-0.15, -0.1) is 0 Å². The highest BCUT2D eigenvalue weighted by Gasteiger charge is 2.51. The van der Waals surface area contributed by atoms with E-state index in [1.54, 1.807) is 0 Å². The maximum atomic E-state index is 10.7. The Morgan fingerprint density at radius 1 is 1.33 bits per heavy atom. The summed E-state index contributed by atoms with van der Waals surface area (Å²) in [7, 11) is 0. The van der Waals surface area contributed by atoms with Gasteiger partial charge in [0, 0.05) is 13.1 Å². The van der Waals surface area contributed by atoms with Gasteiger partial charge in [0.1, 0.15) is 0 Å². The predicted molar refractivity (Wildman–Crippen MR) is 61.6 cm³/mol. The van der Waals surface area contributed by atoms with Crippen molar-refractivity contribution in [2.45, 2.75) is 56.6 Å². The molecule has 1 saturated heterocycles. The van der Waals surface area contributed by atoms with Gasteiger partial charge in [-0.1, -0.05) is 26.2 Å². The van der Waals surface area contributed by atoms with Crippen LogP contribution in [0, 0.1) is 5.92 Å². The molecule has 0 aromatic heterocycles. The molecule has 3 heteroatoms. The summed E-state index contributed by atoms with van der Waals surface area (Å²) in [5.74, 6) is 0.802. The van der Waals surface area contributed by atoms with Crippen LogP contribution in [0.2, 0.25) is 0 Å². The molecule has 1 saturated carbocycles. The maximum absolute atomic E-state index is 10.7. The second-order valence-corrected chi connectivity index (χ2v) is 5.50. The first-order chi connectivity index (χ1) is 7.10. The van der Waals surface area contributed by atoms with Crippen LogP contribution in [0.4, 0.5) is 0 Å². The van der Waals surface area contributed by atoms with Gasteiger partial charge in [-0.3, -0.25) is 0 Å². The number of hydrogen-bond donors (Lipinski definition) is 3. The Morgan fingerprint density at radius 2 is 2.07 bits per heavy atom. The molecule has 3 nitrogen and oxygen atoms in total. The van der Waals surface area contributed by atoms with Gasteiger partial charge < -0.3 is 16.2 Å². The molecule has 2 fully saturated rings. The summed E-state index contributed by atoms with van der Waals surface area (Å²) in [5.41, 5.74) is 5.30. The lowest BCUT2D eigenvalue weighted by atomic mass is 9.71. The quantitative estimate of drug-likeness (QED) is 0.599. The number of rotatable bonds is 2. The summed E-state index contributed by atoms with van der Waals surface area (Å²) < 4.78 is 0. The molecule has 0 amide bonds. The third-order valence-electron chi connectivity index (χ3n) is 4.55. The van der Waals surface area contributed by atoms with Crippen LogP contribution >= 0.6 is 0 Å². The fourth-order valence-electron chi connectivity index (χ4n) is 3.02.